The molecule has 4 aromatic carbocycles. The molecule has 9 N–H and O–H groups in total. The van der Waals surface area contributed by atoms with Crippen LogP contribution in [0.2, 0.25) is 10.0 Å². The topological polar surface area (TPSA) is 310 Å². The molecule has 8 rings (SSSR count). The third kappa shape index (κ3) is 15.6. The maximum Gasteiger partial charge on any atom is 0.373 e. The summed E-state index contributed by atoms with van der Waals surface area (Å²) < 4.78 is 30.9. The first-order chi connectivity index (χ1) is 35.0. The monoisotopic (exact) mass is 1080 g/mol. The molecular weight excluding hydrogens is 1030 g/mol. The van der Waals surface area contributed by atoms with Crippen LogP contribution in [-0.2, 0) is 66.3 Å². The molecule has 2 saturated carbocycles. The lowest BCUT2D eigenvalue weighted by atomic mass is 10.1. The van der Waals surface area contributed by atoms with Crippen LogP contribution in [0, 0.1) is 11.6 Å². The third-order valence-corrected chi connectivity index (χ3v) is 11.7. The van der Waals surface area contributed by atoms with Crippen molar-refractivity contribution in [2.75, 3.05) is 20.1 Å². The zero-order valence-electron chi connectivity index (χ0n) is 39.5. The van der Waals surface area contributed by atoms with E-state index in [1.807, 2.05) is 0 Å². The van der Waals surface area contributed by atoms with Crippen molar-refractivity contribution in [3.63, 3.8) is 0 Å². The van der Waals surface area contributed by atoms with Gasteiger partial charge >= 0.3 is 6.15 Å². The highest BCUT2D eigenvalue weighted by molar-refractivity contribution is 6.31. The molecule has 0 unspecified atom stereocenters. The van der Waals surface area contributed by atoms with Crippen LogP contribution >= 0.6 is 35.6 Å². The van der Waals surface area contributed by atoms with E-state index in [9.17, 15) is 42.3 Å². The molecule has 74 heavy (non-hydrogen) atoms. The highest BCUT2D eigenvalue weighted by Gasteiger charge is 2.36. The van der Waals surface area contributed by atoms with E-state index in [2.05, 4.69) is 31.9 Å². The maximum absolute atomic E-state index is 14.1. The number of para-hydroxylation sites is 1. The second kappa shape index (κ2) is 27.9. The zero-order chi connectivity index (χ0) is 53.4. The Balaban J connectivity index is 0.000000293. The van der Waals surface area contributed by atoms with Gasteiger partial charge in [-0.15, -0.1) is 12.4 Å². The van der Waals surface area contributed by atoms with E-state index in [1.54, 1.807) is 54.6 Å². The number of aromatic nitrogens is 4. The number of benzene rings is 4. The van der Waals surface area contributed by atoms with Crippen LogP contribution in [0.3, 0.4) is 0 Å². The highest BCUT2D eigenvalue weighted by atomic mass is 35.5. The smallest absolute Gasteiger partial charge is 0.364 e. The molecule has 2 fully saturated rings. The van der Waals surface area contributed by atoms with E-state index in [0.717, 1.165) is 31.2 Å². The predicted octanol–water partition coefficient (Wildman–Crippen LogP) is 3.13. The van der Waals surface area contributed by atoms with Crippen molar-refractivity contribution in [3.05, 3.63) is 129 Å². The number of primary amides is 2. The minimum atomic E-state index is -0.739. The number of nitrogens with two attached hydrogens (primary N) is 3. The number of hydrogen-bond donors (Lipinski definition) is 6. The van der Waals surface area contributed by atoms with Crippen molar-refractivity contribution in [1.82, 2.24) is 45.3 Å². The number of carbonyl (C=O) groups excluding carboxylic acids is 9. The van der Waals surface area contributed by atoms with Crippen molar-refractivity contribution < 1.29 is 51.9 Å². The number of fused-ring (bicyclic) bond motifs is 2. The average Bonchev–Trinajstić information content (AvgIpc) is 4.33. The summed E-state index contributed by atoms with van der Waals surface area (Å²) in [5.74, 6) is -4.13. The van der Waals surface area contributed by atoms with Crippen molar-refractivity contribution in [2.24, 2.45) is 17.2 Å². The summed E-state index contributed by atoms with van der Waals surface area (Å²) >= 11 is 11.5. The first-order valence-electron chi connectivity index (χ1n) is 22.3. The van der Waals surface area contributed by atoms with Gasteiger partial charge in [0.25, 0.3) is 11.8 Å². The summed E-state index contributed by atoms with van der Waals surface area (Å²) in [6.45, 7) is -0.575. The lowest BCUT2D eigenvalue weighted by Crippen LogP contribution is -2.43. The Morgan fingerprint density at radius 2 is 1.11 bits per heavy atom. The third-order valence-electron chi connectivity index (χ3n) is 11.2. The van der Waals surface area contributed by atoms with Gasteiger partial charge in [-0.3, -0.25) is 42.9 Å². The Bertz CT molecular complexity index is 3050. The molecular formula is C48H51Cl3F2N12O9. The SMILES string of the molecule is CN.Cl.NC(=O)c1nn(CC(=O)N(CC(=O)NCc2cccc(Cl)c2F)C2CC2)c2cc(CNC=O)ccc12.NC(=O)c1nn(CC(=O)N(CC(=O)NCc2cccc(Cl)c2F)C2CC2)c2ccccc12.O=C=O. The van der Waals surface area contributed by atoms with Gasteiger partial charge in [-0.2, -0.15) is 19.8 Å². The van der Waals surface area contributed by atoms with Crippen LogP contribution in [0.15, 0.2) is 78.9 Å². The first-order valence-corrected chi connectivity index (χ1v) is 23.1. The summed E-state index contributed by atoms with van der Waals surface area (Å²) in [6, 6.07) is 21.0. The molecule has 0 radical (unpaired) electrons. The molecule has 2 aromatic heterocycles. The molecule has 7 amide bonds. The van der Waals surface area contributed by atoms with Gasteiger partial charge in [0.2, 0.25) is 30.0 Å². The fourth-order valence-electron chi connectivity index (χ4n) is 7.45. The molecule has 0 bridgehead atoms. The molecule has 2 aliphatic rings. The van der Waals surface area contributed by atoms with Gasteiger partial charge in [0.05, 0.1) is 34.2 Å². The first kappa shape index (κ1) is 58.7. The van der Waals surface area contributed by atoms with Gasteiger partial charge in [0.15, 0.2) is 11.4 Å². The van der Waals surface area contributed by atoms with Crippen LogP contribution < -0.4 is 33.2 Å². The van der Waals surface area contributed by atoms with E-state index < -0.39 is 35.3 Å². The number of nitrogens with one attached hydrogen (secondary N) is 3. The normalized spacial score (nSPS) is 12.1. The Morgan fingerprint density at radius 3 is 1.54 bits per heavy atom. The van der Waals surface area contributed by atoms with E-state index >= 15 is 0 Å². The lowest BCUT2D eigenvalue weighted by Gasteiger charge is -2.22. The number of nitrogens with zero attached hydrogens (tertiary/aromatic N) is 6. The van der Waals surface area contributed by atoms with Crippen LogP contribution in [0.5, 0.6) is 0 Å². The van der Waals surface area contributed by atoms with Crippen LogP contribution in [0.1, 0.15) is 63.4 Å². The predicted molar refractivity (Wildman–Crippen MR) is 268 cm³/mol. The van der Waals surface area contributed by atoms with Gasteiger partial charge in [-0.1, -0.05) is 77.8 Å². The Kier molecular flexibility index (Phi) is 22.1. The quantitative estimate of drug-likeness (QED) is 0.0638. The molecule has 0 saturated heterocycles. The van der Waals surface area contributed by atoms with Crippen molar-refractivity contribution in [1.29, 1.82) is 0 Å². The van der Waals surface area contributed by atoms with Gasteiger partial charge in [0.1, 0.15) is 24.7 Å². The van der Waals surface area contributed by atoms with Crippen LogP contribution in [0.4, 0.5) is 8.78 Å². The number of rotatable bonds is 19. The maximum atomic E-state index is 14.1. The average molecular weight is 1080 g/mol. The number of carbonyl (C=O) groups is 7. The number of amides is 7. The van der Waals surface area contributed by atoms with Crippen molar-refractivity contribution in [3.8, 4) is 0 Å². The Hall–Kier alpha value is -7.82. The molecule has 21 nitrogen and oxygen atoms in total. The largest absolute Gasteiger partial charge is 0.373 e. The van der Waals surface area contributed by atoms with E-state index in [1.165, 1.54) is 50.5 Å². The fraction of sp³-hybridized carbons (Fsp3) is 0.292. The summed E-state index contributed by atoms with van der Waals surface area (Å²) in [6.07, 6.45) is 3.94. The minimum absolute atomic E-state index is 0. The van der Waals surface area contributed by atoms with E-state index in [-0.39, 0.29) is 121 Å². The van der Waals surface area contributed by atoms with Crippen molar-refractivity contribution in [2.45, 2.75) is 70.5 Å². The molecule has 2 aliphatic carbocycles. The van der Waals surface area contributed by atoms with Crippen LogP contribution in [0.25, 0.3) is 21.8 Å². The minimum Gasteiger partial charge on any atom is -0.364 e. The second-order valence-electron chi connectivity index (χ2n) is 16.2. The molecule has 26 heteroatoms. The second-order valence-corrected chi connectivity index (χ2v) is 17.0. The van der Waals surface area contributed by atoms with E-state index in [4.69, 9.17) is 44.3 Å². The molecule has 0 atom stereocenters. The fourth-order valence-corrected chi connectivity index (χ4v) is 7.84. The highest BCUT2D eigenvalue weighted by Crippen LogP contribution is 2.29. The summed E-state index contributed by atoms with van der Waals surface area (Å²) in [5.41, 5.74) is 17.8. The zero-order valence-corrected chi connectivity index (χ0v) is 41.9. The summed E-state index contributed by atoms with van der Waals surface area (Å²) in [5, 5.41) is 17.2. The number of hydrogen-bond acceptors (Lipinski definition) is 12. The number of halogens is 5. The van der Waals surface area contributed by atoms with Gasteiger partial charge in [0, 0.05) is 53.6 Å². The lowest BCUT2D eigenvalue weighted by molar-refractivity contribution is -0.191. The Morgan fingerprint density at radius 1 is 0.676 bits per heavy atom. The molecule has 0 spiro atoms. The van der Waals surface area contributed by atoms with Gasteiger partial charge in [-0.05, 0) is 62.6 Å². The summed E-state index contributed by atoms with van der Waals surface area (Å²) in [7, 11) is 1.50. The van der Waals surface area contributed by atoms with Gasteiger partial charge < -0.3 is 43.0 Å². The van der Waals surface area contributed by atoms with Crippen LogP contribution in [-0.4, -0.2) is 110 Å². The molecule has 2 heterocycles. The standard InChI is InChI=1S/C24H24ClFN6O4.C22H21ClFN5O3.CH5N.CO2.ClH/c25-18-3-1-2-15(22(18)26)10-29-20(34)11-31(16-5-6-16)21(35)12-32-19-8-14(9-28-13-33)4-7-17(19)23(30-32)24(27)36;23-16-6-3-4-13(20(16)24)10-26-18(30)11-28(14-8-9-14)19(31)12-29-17-7-2-1-5-15(17)21(27-29)22(25)32;1-2;2-1-3;/h1-4,7-8,13,16H,5-6,9-12H2,(H2,27,36)(H,28,33)(H,29,34);1-7,14H,8-12H2,(H2,25,32)(H,26,30);2H2,1H3;;1H. The van der Waals surface area contributed by atoms with E-state index in [0.29, 0.717) is 28.2 Å². The molecule has 392 valence electrons. The summed E-state index contributed by atoms with van der Waals surface area (Å²) in [4.78, 5) is 105. The van der Waals surface area contributed by atoms with Gasteiger partial charge in [-0.25, -0.2) is 8.78 Å². The molecule has 0 aliphatic heterocycles. The molecule has 6 aromatic rings. The van der Waals surface area contributed by atoms with Crippen molar-refractivity contribution >= 4 is 105 Å². The Labute approximate surface area is 437 Å².